The molecule has 1 amide bonds. The van der Waals surface area contributed by atoms with Crippen molar-refractivity contribution in [1.82, 2.24) is 5.32 Å². The summed E-state index contributed by atoms with van der Waals surface area (Å²) in [7, 11) is 0. The molecule has 0 radical (unpaired) electrons. The van der Waals surface area contributed by atoms with Gasteiger partial charge in [-0.2, -0.15) is 0 Å². The maximum atomic E-state index is 11.9. The van der Waals surface area contributed by atoms with Gasteiger partial charge in [-0.15, -0.1) is 0 Å². The topological polar surface area (TPSA) is 29.1 Å². The number of amides is 1. The Hall–Kier alpha value is -0.830. The van der Waals surface area contributed by atoms with E-state index in [1.807, 2.05) is 18.2 Å². The number of carbonyl (C=O) groups is 1. The third kappa shape index (κ3) is 5.66. The Balaban J connectivity index is 2.27. The SMILES string of the molecule is CCC(CC)(CBr)CNC(=O)CCCc1ccccc1. The predicted octanol–water partition coefficient (Wildman–Crippen LogP) is 4.33. The van der Waals surface area contributed by atoms with Gasteiger partial charge in [-0.05, 0) is 36.7 Å². The molecule has 0 aliphatic heterocycles. The van der Waals surface area contributed by atoms with Crippen LogP contribution in [0.3, 0.4) is 0 Å². The summed E-state index contributed by atoms with van der Waals surface area (Å²) < 4.78 is 0. The molecule has 3 heteroatoms. The highest BCUT2D eigenvalue weighted by molar-refractivity contribution is 9.09. The summed E-state index contributed by atoms with van der Waals surface area (Å²) in [5.41, 5.74) is 1.51. The molecule has 0 saturated carbocycles. The summed E-state index contributed by atoms with van der Waals surface area (Å²) in [6, 6.07) is 10.3. The quantitative estimate of drug-likeness (QED) is 0.666. The van der Waals surface area contributed by atoms with Crippen LogP contribution in [-0.2, 0) is 11.2 Å². The zero-order chi connectivity index (χ0) is 14.8. The van der Waals surface area contributed by atoms with Gasteiger partial charge in [0.05, 0.1) is 0 Å². The van der Waals surface area contributed by atoms with Crippen molar-refractivity contribution < 1.29 is 4.79 Å². The number of nitrogens with one attached hydrogen (secondary N) is 1. The smallest absolute Gasteiger partial charge is 0.220 e. The average molecular weight is 340 g/mol. The lowest BCUT2D eigenvalue weighted by atomic mass is 9.84. The molecule has 20 heavy (non-hydrogen) atoms. The van der Waals surface area contributed by atoms with Crippen LogP contribution in [-0.4, -0.2) is 17.8 Å². The summed E-state index contributed by atoms with van der Waals surface area (Å²) in [6.45, 7) is 5.15. The van der Waals surface area contributed by atoms with Crippen molar-refractivity contribution in [3.05, 3.63) is 35.9 Å². The largest absolute Gasteiger partial charge is 0.356 e. The van der Waals surface area contributed by atoms with Gasteiger partial charge in [0, 0.05) is 18.3 Å². The summed E-state index contributed by atoms with van der Waals surface area (Å²) in [4.78, 5) is 11.9. The molecule has 0 fully saturated rings. The fourth-order valence-electron chi connectivity index (χ4n) is 2.21. The number of halogens is 1. The predicted molar refractivity (Wildman–Crippen MR) is 89.2 cm³/mol. The summed E-state index contributed by atoms with van der Waals surface area (Å²) in [6.07, 6.45) is 4.66. The Morgan fingerprint density at radius 3 is 2.40 bits per heavy atom. The monoisotopic (exact) mass is 339 g/mol. The fourth-order valence-corrected chi connectivity index (χ4v) is 3.20. The van der Waals surface area contributed by atoms with Gasteiger partial charge in [0.25, 0.3) is 0 Å². The van der Waals surface area contributed by atoms with Crippen LogP contribution in [0.2, 0.25) is 0 Å². The first kappa shape index (κ1) is 17.2. The third-order valence-electron chi connectivity index (χ3n) is 4.16. The zero-order valence-electron chi connectivity index (χ0n) is 12.6. The lowest BCUT2D eigenvalue weighted by Gasteiger charge is -2.29. The van der Waals surface area contributed by atoms with Crippen molar-refractivity contribution in [3.63, 3.8) is 0 Å². The number of hydrogen-bond acceptors (Lipinski definition) is 1. The second-order valence-corrected chi connectivity index (χ2v) is 6.02. The van der Waals surface area contributed by atoms with E-state index in [2.05, 4.69) is 47.2 Å². The van der Waals surface area contributed by atoms with E-state index in [4.69, 9.17) is 0 Å². The van der Waals surface area contributed by atoms with Gasteiger partial charge in [0.2, 0.25) is 5.91 Å². The minimum atomic E-state index is 0.174. The highest BCUT2D eigenvalue weighted by Gasteiger charge is 2.25. The van der Waals surface area contributed by atoms with Gasteiger partial charge < -0.3 is 5.32 Å². The first-order valence-corrected chi connectivity index (χ1v) is 8.64. The number of benzene rings is 1. The lowest BCUT2D eigenvalue weighted by Crippen LogP contribution is -2.38. The standard InChI is InChI=1S/C17H26BrNO/c1-3-17(4-2,13-18)14-19-16(20)12-8-11-15-9-6-5-7-10-15/h5-7,9-10H,3-4,8,11-14H2,1-2H3,(H,19,20). The maximum absolute atomic E-state index is 11.9. The molecule has 0 bridgehead atoms. The van der Waals surface area contributed by atoms with Gasteiger partial charge in [0.15, 0.2) is 0 Å². The molecule has 1 rings (SSSR count). The van der Waals surface area contributed by atoms with Gasteiger partial charge in [-0.25, -0.2) is 0 Å². The molecule has 0 aliphatic rings. The van der Waals surface area contributed by atoms with Gasteiger partial charge in [-0.3, -0.25) is 4.79 Å². The molecule has 0 heterocycles. The van der Waals surface area contributed by atoms with Crippen molar-refractivity contribution in [2.45, 2.75) is 46.0 Å². The number of alkyl halides is 1. The summed E-state index contributed by atoms with van der Waals surface area (Å²) >= 11 is 3.58. The van der Waals surface area contributed by atoms with Crippen LogP contribution in [0.4, 0.5) is 0 Å². The molecule has 0 spiro atoms. The fraction of sp³-hybridized carbons (Fsp3) is 0.588. The van der Waals surface area contributed by atoms with E-state index in [0.717, 1.165) is 37.6 Å². The van der Waals surface area contributed by atoms with E-state index < -0.39 is 0 Å². The molecule has 0 aliphatic carbocycles. The van der Waals surface area contributed by atoms with Crippen LogP contribution in [0.25, 0.3) is 0 Å². The molecule has 2 nitrogen and oxygen atoms in total. The van der Waals surface area contributed by atoms with E-state index in [1.165, 1.54) is 5.56 Å². The van der Waals surface area contributed by atoms with Crippen molar-refractivity contribution in [2.24, 2.45) is 5.41 Å². The number of carbonyl (C=O) groups excluding carboxylic acids is 1. The Morgan fingerprint density at radius 1 is 1.20 bits per heavy atom. The second-order valence-electron chi connectivity index (χ2n) is 5.46. The van der Waals surface area contributed by atoms with Crippen LogP contribution >= 0.6 is 15.9 Å². The van der Waals surface area contributed by atoms with Crippen molar-refractivity contribution >= 4 is 21.8 Å². The normalized spacial score (nSPS) is 11.3. The number of hydrogen-bond donors (Lipinski definition) is 1. The first-order chi connectivity index (χ1) is 9.65. The molecule has 0 unspecified atom stereocenters. The molecular weight excluding hydrogens is 314 g/mol. The van der Waals surface area contributed by atoms with E-state index >= 15 is 0 Å². The van der Waals surface area contributed by atoms with Gasteiger partial charge in [-0.1, -0.05) is 60.1 Å². The second kappa shape index (κ2) is 9.17. The Labute approximate surface area is 131 Å². The minimum absolute atomic E-state index is 0.174. The average Bonchev–Trinajstić information content (AvgIpc) is 2.50. The molecule has 1 aromatic rings. The molecule has 1 N–H and O–H groups in total. The zero-order valence-corrected chi connectivity index (χ0v) is 14.2. The van der Waals surface area contributed by atoms with Gasteiger partial charge >= 0.3 is 0 Å². The van der Waals surface area contributed by atoms with Crippen LogP contribution in [0, 0.1) is 5.41 Å². The van der Waals surface area contributed by atoms with Crippen LogP contribution in [0.5, 0.6) is 0 Å². The summed E-state index contributed by atoms with van der Waals surface area (Å²) in [5, 5.41) is 4.04. The molecule has 0 saturated heterocycles. The van der Waals surface area contributed by atoms with E-state index in [-0.39, 0.29) is 11.3 Å². The van der Waals surface area contributed by atoms with Crippen LogP contribution < -0.4 is 5.32 Å². The maximum Gasteiger partial charge on any atom is 0.220 e. The Kier molecular flexibility index (Phi) is 7.90. The van der Waals surface area contributed by atoms with Crippen LogP contribution in [0.1, 0.15) is 45.1 Å². The number of aryl methyl sites for hydroxylation is 1. The molecule has 0 aromatic heterocycles. The first-order valence-electron chi connectivity index (χ1n) is 7.52. The lowest BCUT2D eigenvalue weighted by molar-refractivity contribution is -0.121. The van der Waals surface area contributed by atoms with Crippen molar-refractivity contribution in [2.75, 3.05) is 11.9 Å². The highest BCUT2D eigenvalue weighted by Crippen LogP contribution is 2.27. The molecule has 1 aromatic carbocycles. The Bertz CT molecular complexity index is 379. The van der Waals surface area contributed by atoms with Gasteiger partial charge in [0.1, 0.15) is 0 Å². The molecule has 112 valence electrons. The molecule has 0 atom stereocenters. The van der Waals surface area contributed by atoms with Crippen molar-refractivity contribution in [3.8, 4) is 0 Å². The third-order valence-corrected chi connectivity index (χ3v) is 5.35. The number of rotatable bonds is 9. The van der Waals surface area contributed by atoms with Crippen molar-refractivity contribution in [1.29, 1.82) is 0 Å². The summed E-state index contributed by atoms with van der Waals surface area (Å²) in [5.74, 6) is 0.174. The Morgan fingerprint density at radius 2 is 1.85 bits per heavy atom. The highest BCUT2D eigenvalue weighted by atomic mass is 79.9. The molecular formula is C17H26BrNO. The van der Waals surface area contributed by atoms with E-state index in [0.29, 0.717) is 6.42 Å². The minimum Gasteiger partial charge on any atom is -0.356 e. The van der Waals surface area contributed by atoms with E-state index in [1.54, 1.807) is 0 Å². The van der Waals surface area contributed by atoms with Crippen LogP contribution in [0.15, 0.2) is 30.3 Å². The van der Waals surface area contributed by atoms with E-state index in [9.17, 15) is 4.79 Å².